The molecule has 12 aromatic rings. The lowest BCUT2D eigenvalue weighted by atomic mass is 10.1. The molecule has 0 saturated carbocycles. The minimum absolute atomic E-state index is 0.0929. The number of carboxylic acids is 3. The van der Waals surface area contributed by atoms with Gasteiger partial charge in [0.1, 0.15) is 83.6 Å². The molecule has 120 heavy (non-hydrogen) atoms. The fourth-order valence-electron chi connectivity index (χ4n) is 9.62. The van der Waals surface area contributed by atoms with Gasteiger partial charge in [-0.25, -0.2) is 46.3 Å². The quantitative estimate of drug-likeness (QED) is 0.0130. The second-order valence-corrected chi connectivity index (χ2v) is 27.0. The maximum absolute atomic E-state index is 14.3. The largest absolute Gasteiger partial charge is 0.497 e. The lowest BCUT2D eigenvalue weighted by Gasteiger charge is -2.20. The highest BCUT2D eigenvalue weighted by molar-refractivity contribution is 7.21. The van der Waals surface area contributed by atoms with Crippen LogP contribution in [0.4, 0.5) is 88.5 Å². The SMILES string of the molecule is COc1ccc(NC(=O)OCC(Oc2cc(F)cc3sc(C(=N)N)cc23)c2ccccc2)cc1.N=C(N)c1cc2c(OC(COC(=O)Nc3ccc(F)cc3)c3ccccc3)cc(F)cc2s1.N=C(N)c1cc2c(OC(COC(=O)Nc3ccccc3)c3ccccc3)cc(F)cc2s1.O=C(O)C(F)(F)F.O=C(O)C(F)(F)F.O=C(O)C(F)(F)F. The number of carbonyl (C=O) groups is 6. The number of nitrogens with two attached hydrogens (primary N) is 3. The Morgan fingerprint density at radius 1 is 0.367 bits per heavy atom. The van der Waals surface area contributed by atoms with Crippen molar-refractivity contribution in [3.05, 3.63) is 279 Å². The molecule has 3 unspecified atom stereocenters. The lowest BCUT2D eigenvalue weighted by Crippen LogP contribution is -2.21. The second-order valence-electron chi connectivity index (χ2n) is 23.8. The smallest absolute Gasteiger partial charge is 0.490 e. The van der Waals surface area contributed by atoms with Crippen molar-refractivity contribution < 1.29 is 134 Å². The van der Waals surface area contributed by atoms with Crippen LogP contribution in [-0.4, -0.2) is 114 Å². The van der Waals surface area contributed by atoms with Gasteiger partial charge in [0.2, 0.25) is 0 Å². The summed E-state index contributed by atoms with van der Waals surface area (Å²) in [7, 11) is 1.56. The Balaban J connectivity index is 0.000000221. The van der Waals surface area contributed by atoms with E-state index in [-0.39, 0.29) is 54.6 Å². The average Bonchev–Trinajstić information content (AvgIpc) is 1.64. The minimum Gasteiger partial charge on any atom is -0.497 e. The molecule has 0 fully saturated rings. The van der Waals surface area contributed by atoms with E-state index in [0.717, 1.165) is 11.1 Å². The van der Waals surface area contributed by atoms with Crippen molar-refractivity contribution in [2.45, 2.75) is 36.8 Å². The highest BCUT2D eigenvalue weighted by atomic mass is 32.1. The standard InChI is InChI=1S/C25H22FN3O4S.C24H19F2N3O3S.C24H20FN3O3S.3C2HF3O2/c1-31-18-9-7-17(8-10-18)29-25(30)32-14-21(15-5-3-2-4-6-15)33-20-11-16(26)12-22-19(20)13-23(34-22)24(27)28;25-15-6-8-17(9-7-15)29-24(30)31-13-20(14-4-2-1-3-5-14)32-19-10-16(26)11-21-18(19)12-22(33-21)23(27)28;25-16-11-19(18-13-22(23(26)27)32-21(18)12-16)31-20(15-7-3-1-4-8-15)14-30-24(29)28-17-9-5-2-6-10-17;3*3-2(4,5)1(6)7/h2-13,21H,14H2,1H3,(H3,27,28)(H,29,30);1-12,20H,13H2,(H3,27,28)(H,29,30);1-13,20H,14H2,(H3,26,27)(H,28,29);3*(H,6,7). The van der Waals surface area contributed by atoms with Crippen molar-refractivity contribution >= 4 is 135 Å². The third kappa shape index (κ3) is 29.5. The van der Waals surface area contributed by atoms with E-state index in [1.54, 1.807) is 86.0 Å². The number of benzene rings is 9. The summed E-state index contributed by atoms with van der Waals surface area (Å²) in [5, 5.41) is 54.1. The summed E-state index contributed by atoms with van der Waals surface area (Å²) in [6, 6.07) is 61.5. The van der Waals surface area contributed by atoms with Gasteiger partial charge in [-0.1, -0.05) is 109 Å². The number of hydrogen-bond donors (Lipinski definition) is 12. The zero-order valence-electron chi connectivity index (χ0n) is 61.2. The zero-order valence-corrected chi connectivity index (χ0v) is 63.7. The van der Waals surface area contributed by atoms with Gasteiger partial charge in [-0.05, 0) is 114 Å². The summed E-state index contributed by atoms with van der Waals surface area (Å²) in [6.45, 7) is -0.378. The molecule has 0 aliphatic heterocycles. The van der Waals surface area contributed by atoms with E-state index in [2.05, 4.69) is 16.0 Å². The van der Waals surface area contributed by atoms with E-state index < -0.39 is 96.3 Å². The number of hydrogen-bond acceptors (Lipinski definition) is 19. The molecule has 0 saturated heterocycles. The molecule has 3 heterocycles. The Labute approximate surface area is 681 Å². The Morgan fingerprint density at radius 2 is 0.608 bits per heavy atom. The summed E-state index contributed by atoms with van der Waals surface area (Å²) >= 11 is 3.60. The molecule has 9 aromatic carbocycles. The number of amides is 3. The molecule has 15 N–H and O–H groups in total. The number of amidine groups is 3. The van der Waals surface area contributed by atoms with Crippen LogP contribution in [0.15, 0.2) is 224 Å². The summed E-state index contributed by atoms with van der Waals surface area (Å²) < 4.78 is 193. The number of rotatable bonds is 22. The van der Waals surface area contributed by atoms with Gasteiger partial charge in [0.05, 0.1) is 21.7 Å². The number of aliphatic carboxylic acids is 3. The fraction of sp³-hybridized carbons (Fsp3) is 0.127. The summed E-state index contributed by atoms with van der Waals surface area (Å²) in [6.07, 6.45) is -19.4. The van der Waals surface area contributed by atoms with Crippen LogP contribution in [0.3, 0.4) is 0 Å². The number of thiophene rings is 3. The molecule has 3 atom stereocenters. The molecule has 3 amide bonds. The predicted molar refractivity (Wildman–Crippen MR) is 420 cm³/mol. The first-order chi connectivity index (χ1) is 56.6. The van der Waals surface area contributed by atoms with Crippen LogP contribution in [0.5, 0.6) is 23.0 Å². The van der Waals surface area contributed by atoms with Gasteiger partial charge < -0.3 is 65.7 Å². The molecule has 630 valence electrons. The van der Waals surface area contributed by atoms with Crippen LogP contribution in [0.25, 0.3) is 30.3 Å². The molecule has 41 heteroatoms. The van der Waals surface area contributed by atoms with Crippen molar-refractivity contribution in [2.75, 3.05) is 42.9 Å². The van der Waals surface area contributed by atoms with Crippen LogP contribution < -0.4 is 52.1 Å². The third-order valence-corrected chi connectivity index (χ3v) is 18.4. The first-order valence-corrected chi connectivity index (χ1v) is 36.1. The number of alkyl halides is 9. The van der Waals surface area contributed by atoms with E-state index >= 15 is 0 Å². The van der Waals surface area contributed by atoms with E-state index in [4.69, 9.17) is 96.3 Å². The van der Waals surface area contributed by atoms with Crippen LogP contribution in [0.1, 0.15) is 49.6 Å². The van der Waals surface area contributed by atoms with Crippen LogP contribution in [-0.2, 0) is 28.6 Å². The van der Waals surface area contributed by atoms with Gasteiger partial charge in [0, 0.05) is 65.5 Å². The molecule has 3 aromatic heterocycles. The maximum atomic E-state index is 14.3. The first-order valence-electron chi connectivity index (χ1n) is 33.7. The van der Waals surface area contributed by atoms with E-state index in [9.17, 15) is 71.5 Å². The van der Waals surface area contributed by atoms with Gasteiger partial charge in [-0.3, -0.25) is 32.2 Å². The maximum Gasteiger partial charge on any atom is 0.490 e. The number of anilines is 3. The van der Waals surface area contributed by atoms with Crippen molar-refractivity contribution in [1.82, 2.24) is 0 Å². The monoisotopic (exact) mass is 1740 g/mol. The number of nitrogen functional groups attached to an aromatic ring is 3. The number of carbonyl (C=O) groups excluding carboxylic acids is 3. The number of carboxylic acid groups (broad SMARTS) is 3. The summed E-state index contributed by atoms with van der Waals surface area (Å²) in [5.74, 6) is -9.02. The zero-order chi connectivity index (χ0) is 88.2. The number of ether oxygens (including phenoxy) is 7. The van der Waals surface area contributed by atoms with Gasteiger partial charge in [-0.2, -0.15) is 39.5 Å². The number of fused-ring (bicyclic) bond motifs is 3. The van der Waals surface area contributed by atoms with Crippen molar-refractivity contribution in [3.63, 3.8) is 0 Å². The van der Waals surface area contributed by atoms with Crippen molar-refractivity contribution in [2.24, 2.45) is 17.2 Å². The van der Waals surface area contributed by atoms with Crippen LogP contribution in [0, 0.1) is 39.5 Å². The van der Waals surface area contributed by atoms with E-state index in [1.165, 1.54) is 94.7 Å². The normalized spacial score (nSPS) is 11.6. The van der Waals surface area contributed by atoms with Crippen molar-refractivity contribution in [3.8, 4) is 23.0 Å². The topological polar surface area (TPSA) is 413 Å². The first kappa shape index (κ1) is 92.9. The van der Waals surface area contributed by atoms with Gasteiger partial charge in [-0.15, -0.1) is 34.0 Å². The Morgan fingerprint density at radius 3 is 0.850 bits per heavy atom. The number of halogens is 13. The molecule has 25 nitrogen and oxygen atoms in total. The molecular formula is C79H64F13N9O16S3. The molecule has 0 aliphatic rings. The summed E-state index contributed by atoms with van der Waals surface area (Å²) in [5.41, 5.74) is 20.5. The second kappa shape index (κ2) is 43.1. The minimum atomic E-state index is -5.08. The van der Waals surface area contributed by atoms with Crippen LogP contribution >= 0.6 is 34.0 Å². The Hall–Kier alpha value is -14.2. The Bertz CT molecular complexity index is 5470. The highest BCUT2D eigenvalue weighted by Crippen LogP contribution is 2.40. The lowest BCUT2D eigenvalue weighted by molar-refractivity contribution is -0.193. The van der Waals surface area contributed by atoms with Crippen molar-refractivity contribution in [1.29, 1.82) is 16.2 Å². The number of nitrogens with one attached hydrogen (secondary N) is 6. The highest BCUT2D eigenvalue weighted by Gasteiger charge is 2.40. The number of methoxy groups -OCH3 is 1. The average molecular weight is 1740 g/mol. The van der Waals surface area contributed by atoms with E-state index in [0.29, 0.717) is 73.3 Å². The van der Waals surface area contributed by atoms with Gasteiger partial charge in [0.25, 0.3) is 0 Å². The predicted octanol–water partition coefficient (Wildman–Crippen LogP) is 19.1. The molecule has 12 rings (SSSR count). The van der Waals surface area contributed by atoms with Gasteiger partial charge in [0.15, 0.2) is 18.3 Å². The van der Waals surface area contributed by atoms with E-state index in [1.807, 2.05) is 84.9 Å². The van der Waals surface area contributed by atoms with Gasteiger partial charge >= 0.3 is 54.7 Å². The fourth-order valence-corrected chi connectivity index (χ4v) is 12.5. The molecule has 0 aliphatic carbocycles. The van der Waals surface area contributed by atoms with Crippen LogP contribution in [0.2, 0.25) is 0 Å². The third-order valence-electron chi connectivity index (χ3n) is 15.1. The number of para-hydroxylation sites is 1. The molecule has 0 bridgehead atoms. The molecule has 0 spiro atoms. The summed E-state index contributed by atoms with van der Waals surface area (Å²) in [4.78, 5) is 65.1. The Kier molecular flexibility index (Phi) is 33.4. The molecule has 0 radical (unpaired) electrons. The molecular weight excluding hydrogens is 1670 g/mol.